The van der Waals surface area contributed by atoms with Crippen LogP contribution in [0.15, 0.2) is 60.7 Å². The molecule has 0 saturated carbocycles. The molecule has 5 heteroatoms. The highest BCUT2D eigenvalue weighted by Crippen LogP contribution is 2.32. The Labute approximate surface area is 157 Å². The van der Waals surface area contributed by atoms with E-state index in [1.807, 2.05) is 24.3 Å². The van der Waals surface area contributed by atoms with Crippen LogP contribution >= 0.6 is 0 Å². The first-order valence-corrected chi connectivity index (χ1v) is 8.73. The van der Waals surface area contributed by atoms with E-state index in [4.69, 9.17) is 9.47 Å². The highest BCUT2D eigenvalue weighted by Gasteiger charge is 2.16. The molecule has 3 aromatic rings. The van der Waals surface area contributed by atoms with Gasteiger partial charge in [-0.25, -0.2) is 0 Å². The standard InChI is InChI=1S/C22H20N2O3/c1-14-9-15(2)11-19(10-14)23-17-4-6-18(7-5-17)24-22(25)16-3-8-20-21(12-16)27-13-26-20/h3-12,23H,13H2,1-2H3,(H,24,25). The molecule has 0 spiro atoms. The van der Waals surface area contributed by atoms with Crippen molar-refractivity contribution >= 4 is 23.0 Å². The number of carbonyl (C=O) groups is 1. The van der Waals surface area contributed by atoms with E-state index in [2.05, 4.69) is 42.7 Å². The predicted molar refractivity (Wildman–Crippen MR) is 106 cm³/mol. The summed E-state index contributed by atoms with van der Waals surface area (Å²) in [6.45, 7) is 4.34. The molecule has 1 heterocycles. The lowest BCUT2D eigenvalue weighted by atomic mass is 10.1. The van der Waals surface area contributed by atoms with Gasteiger partial charge in [-0.3, -0.25) is 4.79 Å². The van der Waals surface area contributed by atoms with Crippen LogP contribution in [0.5, 0.6) is 11.5 Å². The van der Waals surface area contributed by atoms with Crippen LogP contribution in [0.3, 0.4) is 0 Å². The Kier molecular flexibility index (Phi) is 4.42. The van der Waals surface area contributed by atoms with Crippen molar-refractivity contribution in [3.63, 3.8) is 0 Å². The number of amides is 1. The van der Waals surface area contributed by atoms with E-state index in [1.165, 1.54) is 11.1 Å². The molecule has 0 unspecified atom stereocenters. The lowest BCUT2D eigenvalue weighted by Crippen LogP contribution is -2.11. The van der Waals surface area contributed by atoms with Crippen molar-refractivity contribution < 1.29 is 14.3 Å². The summed E-state index contributed by atoms with van der Waals surface area (Å²) in [5, 5.41) is 6.28. The fourth-order valence-corrected chi connectivity index (χ4v) is 3.09. The normalized spacial score (nSPS) is 11.9. The summed E-state index contributed by atoms with van der Waals surface area (Å²) in [6.07, 6.45) is 0. The maximum Gasteiger partial charge on any atom is 0.255 e. The highest BCUT2D eigenvalue weighted by atomic mass is 16.7. The minimum Gasteiger partial charge on any atom is -0.454 e. The number of anilines is 3. The van der Waals surface area contributed by atoms with Gasteiger partial charge in [0.05, 0.1) is 0 Å². The maximum absolute atomic E-state index is 12.4. The van der Waals surface area contributed by atoms with Crippen molar-refractivity contribution in [2.24, 2.45) is 0 Å². The van der Waals surface area contributed by atoms with E-state index in [0.29, 0.717) is 17.1 Å². The fourth-order valence-electron chi connectivity index (χ4n) is 3.09. The number of carbonyl (C=O) groups excluding carboxylic acids is 1. The zero-order valence-electron chi connectivity index (χ0n) is 15.2. The van der Waals surface area contributed by atoms with Gasteiger partial charge in [-0.05, 0) is 79.6 Å². The van der Waals surface area contributed by atoms with Crippen molar-refractivity contribution in [3.8, 4) is 11.5 Å². The summed E-state index contributed by atoms with van der Waals surface area (Å²) >= 11 is 0. The van der Waals surface area contributed by atoms with Gasteiger partial charge in [0.1, 0.15) is 0 Å². The van der Waals surface area contributed by atoms with E-state index >= 15 is 0 Å². The third kappa shape index (κ3) is 3.87. The van der Waals surface area contributed by atoms with E-state index in [-0.39, 0.29) is 12.7 Å². The first-order chi connectivity index (χ1) is 13.1. The quantitative estimate of drug-likeness (QED) is 0.685. The molecule has 0 aliphatic carbocycles. The summed E-state index contributed by atoms with van der Waals surface area (Å²) in [6, 6.07) is 19.1. The van der Waals surface area contributed by atoms with Crippen LogP contribution in [0.4, 0.5) is 17.1 Å². The minimum atomic E-state index is -0.191. The molecule has 0 atom stereocenters. The number of rotatable bonds is 4. The first-order valence-electron chi connectivity index (χ1n) is 8.73. The lowest BCUT2D eigenvalue weighted by Gasteiger charge is -2.10. The van der Waals surface area contributed by atoms with E-state index < -0.39 is 0 Å². The number of fused-ring (bicyclic) bond motifs is 1. The van der Waals surface area contributed by atoms with Crippen molar-refractivity contribution in [1.82, 2.24) is 0 Å². The molecule has 0 aromatic heterocycles. The van der Waals surface area contributed by atoms with Gasteiger partial charge in [-0.15, -0.1) is 0 Å². The van der Waals surface area contributed by atoms with Crippen LogP contribution in [0.25, 0.3) is 0 Å². The van der Waals surface area contributed by atoms with Crippen LogP contribution in [-0.4, -0.2) is 12.7 Å². The molecule has 0 fully saturated rings. The van der Waals surface area contributed by atoms with Gasteiger partial charge < -0.3 is 20.1 Å². The number of hydrogen-bond acceptors (Lipinski definition) is 4. The number of hydrogen-bond donors (Lipinski definition) is 2. The van der Waals surface area contributed by atoms with Crippen molar-refractivity contribution in [1.29, 1.82) is 0 Å². The van der Waals surface area contributed by atoms with Crippen molar-refractivity contribution in [3.05, 3.63) is 77.4 Å². The molecule has 2 N–H and O–H groups in total. The summed E-state index contributed by atoms with van der Waals surface area (Å²) < 4.78 is 10.6. The predicted octanol–water partition coefficient (Wildman–Crippen LogP) is 5.03. The number of ether oxygens (including phenoxy) is 2. The Morgan fingerprint density at radius 1 is 0.778 bits per heavy atom. The Balaban J connectivity index is 1.43. The monoisotopic (exact) mass is 360 g/mol. The molecular formula is C22H20N2O3. The summed E-state index contributed by atoms with van der Waals surface area (Å²) in [5.74, 6) is 1.06. The second-order valence-corrected chi connectivity index (χ2v) is 6.60. The van der Waals surface area contributed by atoms with Gasteiger partial charge in [-0.1, -0.05) is 6.07 Å². The smallest absolute Gasteiger partial charge is 0.255 e. The van der Waals surface area contributed by atoms with Crippen LogP contribution in [0.1, 0.15) is 21.5 Å². The maximum atomic E-state index is 12.4. The molecule has 5 nitrogen and oxygen atoms in total. The lowest BCUT2D eigenvalue weighted by molar-refractivity contribution is 0.102. The average molecular weight is 360 g/mol. The Bertz CT molecular complexity index is 977. The molecule has 0 radical (unpaired) electrons. The Morgan fingerprint density at radius 2 is 1.44 bits per heavy atom. The highest BCUT2D eigenvalue weighted by molar-refractivity contribution is 6.04. The number of nitrogens with one attached hydrogen (secondary N) is 2. The molecule has 4 rings (SSSR count). The molecule has 1 aliphatic rings. The molecule has 27 heavy (non-hydrogen) atoms. The SMILES string of the molecule is Cc1cc(C)cc(Nc2ccc(NC(=O)c3ccc4c(c3)OCO4)cc2)c1. The van der Waals surface area contributed by atoms with Crippen molar-refractivity contribution in [2.45, 2.75) is 13.8 Å². The molecular weight excluding hydrogens is 340 g/mol. The summed E-state index contributed by atoms with van der Waals surface area (Å²) in [7, 11) is 0. The van der Waals surface area contributed by atoms with Gasteiger partial charge in [-0.2, -0.15) is 0 Å². The molecule has 1 aliphatic heterocycles. The van der Waals surface area contributed by atoms with Crippen LogP contribution in [-0.2, 0) is 0 Å². The van der Waals surface area contributed by atoms with E-state index in [1.54, 1.807) is 18.2 Å². The Morgan fingerprint density at radius 3 is 2.19 bits per heavy atom. The van der Waals surface area contributed by atoms with E-state index in [0.717, 1.165) is 17.1 Å². The third-order valence-corrected chi connectivity index (χ3v) is 4.29. The minimum absolute atomic E-state index is 0.190. The van der Waals surface area contributed by atoms with Gasteiger partial charge in [0.15, 0.2) is 11.5 Å². The molecule has 1 amide bonds. The van der Waals surface area contributed by atoms with Gasteiger partial charge >= 0.3 is 0 Å². The second kappa shape index (κ2) is 7.03. The summed E-state index contributed by atoms with van der Waals surface area (Å²) in [4.78, 5) is 12.4. The van der Waals surface area contributed by atoms with Crippen LogP contribution in [0.2, 0.25) is 0 Å². The Hall–Kier alpha value is -3.47. The van der Waals surface area contributed by atoms with Crippen LogP contribution in [0, 0.1) is 13.8 Å². The fraction of sp³-hybridized carbons (Fsp3) is 0.136. The number of aryl methyl sites for hydroxylation is 2. The topological polar surface area (TPSA) is 59.6 Å². The van der Waals surface area contributed by atoms with Gasteiger partial charge in [0, 0.05) is 22.6 Å². The zero-order chi connectivity index (χ0) is 18.8. The van der Waals surface area contributed by atoms with Crippen LogP contribution < -0.4 is 20.1 Å². The molecule has 0 saturated heterocycles. The average Bonchev–Trinajstić information content (AvgIpc) is 3.10. The van der Waals surface area contributed by atoms with E-state index in [9.17, 15) is 4.79 Å². The van der Waals surface area contributed by atoms with Gasteiger partial charge in [0.25, 0.3) is 5.91 Å². The number of benzene rings is 3. The first kappa shape index (κ1) is 17.0. The second-order valence-electron chi connectivity index (χ2n) is 6.60. The molecule has 0 bridgehead atoms. The third-order valence-electron chi connectivity index (χ3n) is 4.29. The molecule has 136 valence electrons. The zero-order valence-corrected chi connectivity index (χ0v) is 15.2. The van der Waals surface area contributed by atoms with Crippen molar-refractivity contribution in [2.75, 3.05) is 17.4 Å². The van der Waals surface area contributed by atoms with Gasteiger partial charge in [0.2, 0.25) is 6.79 Å². The molecule has 3 aromatic carbocycles. The largest absolute Gasteiger partial charge is 0.454 e. The summed E-state index contributed by atoms with van der Waals surface area (Å²) in [5.41, 5.74) is 5.68.